The Labute approximate surface area is 133 Å². The molecule has 0 aromatic heterocycles. The van der Waals surface area contributed by atoms with E-state index in [0.717, 1.165) is 37.8 Å². The van der Waals surface area contributed by atoms with Gasteiger partial charge in [0.25, 0.3) is 0 Å². The molecule has 0 heterocycles. The summed E-state index contributed by atoms with van der Waals surface area (Å²) < 4.78 is 0. The van der Waals surface area contributed by atoms with E-state index >= 15 is 0 Å². The minimum absolute atomic E-state index is 0.0533. The summed E-state index contributed by atoms with van der Waals surface area (Å²) in [5, 5.41) is 13.4. The summed E-state index contributed by atoms with van der Waals surface area (Å²) >= 11 is 0. The third kappa shape index (κ3) is 5.43. The molecule has 0 radical (unpaired) electrons. The van der Waals surface area contributed by atoms with Crippen LogP contribution in [0.25, 0.3) is 0 Å². The predicted molar refractivity (Wildman–Crippen MR) is 88.3 cm³/mol. The lowest BCUT2D eigenvalue weighted by Gasteiger charge is -2.31. The van der Waals surface area contributed by atoms with Crippen molar-refractivity contribution < 1.29 is 9.90 Å². The highest BCUT2D eigenvalue weighted by Crippen LogP contribution is 2.30. The van der Waals surface area contributed by atoms with Crippen LogP contribution in [0.5, 0.6) is 0 Å². The number of benzene rings is 1. The Bertz CT molecular complexity index is 494. The van der Waals surface area contributed by atoms with Gasteiger partial charge in [-0.15, -0.1) is 0 Å². The third-order valence-corrected chi connectivity index (χ3v) is 4.25. The molecule has 1 saturated carbocycles. The van der Waals surface area contributed by atoms with Crippen molar-refractivity contribution in [2.75, 3.05) is 14.1 Å². The first-order chi connectivity index (χ1) is 10.5. The lowest BCUT2D eigenvalue weighted by Crippen LogP contribution is -2.38. The number of hydrogen-bond donors (Lipinski definition) is 2. The van der Waals surface area contributed by atoms with Crippen molar-refractivity contribution in [2.45, 2.75) is 57.2 Å². The molecule has 2 rings (SSSR count). The number of rotatable bonds is 6. The van der Waals surface area contributed by atoms with Crippen LogP contribution < -0.4 is 5.32 Å². The highest BCUT2D eigenvalue weighted by molar-refractivity contribution is 5.77. The molecule has 0 spiro atoms. The standard InChI is InChI=1S/C18H28N2O2/c1-20(2)14-16-8-6-7-15(11-16)13-19-17(21)12-18(22)9-4-3-5-10-18/h6-8,11,22H,3-5,9-10,12-14H2,1-2H3,(H,19,21). The van der Waals surface area contributed by atoms with E-state index in [4.69, 9.17) is 0 Å². The van der Waals surface area contributed by atoms with Crippen molar-refractivity contribution in [3.05, 3.63) is 35.4 Å². The van der Waals surface area contributed by atoms with Crippen LogP contribution in [0.2, 0.25) is 0 Å². The van der Waals surface area contributed by atoms with Gasteiger partial charge in [-0.1, -0.05) is 43.5 Å². The number of nitrogens with one attached hydrogen (secondary N) is 1. The monoisotopic (exact) mass is 304 g/mol. The molecule has 4 nitrogen and oxygen atoms in total. The molecular weight excluding hydrogens is 276 g/mol. The molecule has 0 unspecified atom stereocenters. The van der Waals surface area contributed by atoms with Crippen LogP contribution in [0.15, 0.2) is 24.3 Å². The number of carbonyl (C=O) groups excluding carboxylic acids is 1. The number of aliphatic hydroxyl groups is 1. The predicted octanol–water partition coefficient (Wildman–Crippen LogP) is 2.45. The summed E-state index contributed by atoms with van der Waals surface area (Å²) in [6, 6.07) is 8.26. The topological polar surface area (TPSA) is 52.6 Å². The van der Waals surface area contributed by atoms with E-state index in [9.17, 15) is 9.90 Å². The van der Waals surface area contributed by atoms with Crippen molar-refractivity contribution in [3.8, 4) is 0 Å². The molecule has 0 aliphatic heterocycles. The summed E-state index contributed by atoms with van der Waals surface area (Å²) in [7, 11) is 4.08. The Morgan fingerprint density at radius 1 is 1.23 bits per heavy atom. The van der Waals surface area contributed by atoms with Crippen molar-refractivity contribution in [3.63, 3.8) is 0 Å². The second-order valence-electron chi connectivity index (χ2n) is 6.80. The van der Waals surface area contributed by atoms with Crippen LogP contribution in [0, 0.1) is 0 Å². The molecule has 1 aliphatic carbocycles. The summed E-state index contributed by atoms with van der Waals surface area (Å²) in [4.78, 5) is 14.2. The van der Waals surface area contributed by atoms with Gasteiger partial charge in [0.2, 0.25) is 5.91 Å². The number of hydrogen-bond acceptors (Lipinski definition) is 3. The third-order valence-electron chi connectivity index (χ3n) is 4.25. The fourth-order valence-corrected chi connectivity index (χ4v) is 3.15. The van der Waals surface area contributed by atoms with Crippen LogP contribution >= 0.6 is 0 Å². The largest absolute Gasteiger partial charge is 0.389 e. The maximum Gasteiger partial charge on any atom is 0.223 e. The second kappa shape index (κ2) is 7.75. The van der Waals surface area contributed by atoms with Gasteiger partial charge >= 0.3 is 0 Å². The Morgan fingerprint density at radius 2 is 1.91 bits per heavy atom. The van der Waals surface area contributed by atoms with Gasteiger partial charge in [0.1, 0.15) is 0 Å². The Morgan fingerprint density at radius 3 is 2.59 bits per heavy atom. The molecule has 0 saturated heterocycles. The van der Waals surface area contributed by atoms with Crippen LogP contribution in [-0.2, 0) is 17.9 Å². The van der Waals surface area contributed by atoms with Gasteiger partial charge in [-0.2, -0.15) is 0 Å². The zero-order valence-corrected chi connectivity index (χ0v) is 13.8. The van der Waals surface area contributed by atoms with Crippen LogP contribution in [-0.4, -0.2) is 35.6 Å². The Balaban J connectivity index is 1.83. The summed E-state index contributed by atoms with van der Waals surface area (Å²) in [6.07, 6.45) is 4.94. The van der Waals surface area contributed by atoms with Gasteiger partial charge in [-0.05, 0) is 38.1 Å². The number of nitrogens with zero attached hydrogens (tertiary/aromatic N) is 1. The van der Waals surface area contributed by atoms with Crippen LogP contribution in [0.1, 0.15) is 49.7 Å². The van der Waals surface area contributed by atoms with E-state index in [0.29, 0.717) is 6.54 Å². The molecule has 2 N–H and O–H groups in total. The van der Waals surface area contributed by atoms with Gasteiger partial charge in [0, 0.05) is 13.1 Å². The highest BCUT2D eigenvalue weighted by atomic mass is 16.3. The average molecular weight is 304 g/mol. The fraction of sp³-hybridized carbons (Fsp3) is 0.611. The first kappa shape index (κ1) is 17.0. The van der Waals surface area contributed by atoms with E-state index in [1.165, 1.54) is 12.0 Å². The van der Waals surface area contributed by atoms with Gasteiger partial charge in [0.05, 0.1) is 12.0 Å². The summed E-state index contributed by atoms with van der Waals surface area (Å²) in [5.74, 6) is -0.0533. The van der Waals surface area contributed by atoms with Crippen molar-refractivity contribution in [2.24, 2.45) is 0 Å². The van der Waals surface area contributed by atoms with Crippen molar-refractivity contribution >= 4 is 5.91 Å². The maximum atomic E-state index is 12.1. The summed E-state index contributed by atoms with van der Waals surface area (Å²) in [5.41, 5.74) is 1.56. The maximum absolute atomic E-state index is 12.1. The van der Waals surface area contributed by atoms with Gasteiger partial charge in [0.15, 0.2) is 0 Å². The molecule has 1 fully saturated rings. The smallest absolute Gasteiger partial charge is 0.223 e. The van der Waals surface area contributed by atoms with Gasteiger partial charge in [-0.25, -0.2) is 0 Å². The first-order valence-corrected chi connectivity index (χ1v) is 8.18. The SMILES string of the molecule is CN(C)Cc1cccc(CNC(=O)CC2(O)CCCCC2)c1. The molecule has 1 aromatic carbocycles. The van der Waals surface area contributed by atoms with Gasteiger partial charge in [-0.3, -0.25) is 4.79 Å². The summed E-state index contributed by atoms with van der Waals surface area (Å²) in [6.45, 7) is 1.41. The lowest BCUT2D eigenvalue weighted by molar-refractivity contribution is -0.127. The molecular formula is C18H28N2O2. The normalized spacial score (nSPS) is 17.5. The van der Waals surface area contributed by atoms with E-state index < -0.39 is 5.60 Å². The molecule has 4 heteroatoms. The minimum Gasteiger partial charge on any atom is -0.389 e. The molecule has 122 valence electrons. The molecule has 22 heavy (non-hydrogen) atoms. The zero-order chi connectivity index (χ0) is 16.0. The molecule has 1 aliphatic rings. The minimum atomic E-state index is -0.783. The molecule has 0 bridgehead atoms. The van der Waals surface area contributed by atoms with Gasteiger partial charge < -0.3 is 15.3 Å². The Kier molecular flexibility index (Phi) is 5.98. The van der Waals surface area contributed by atoms with Crippen molar-refractivity contribution in [1.82, 2.24) is 10.2 Å². The van der Waals surface area contributed by atoms with Crippen LogP contribution in [0.3, 0.4) is 0 Å². The molecule has 0 atom stereocenters. The molecule has 1 aromatic rings. The average Bonchev–Trinajstić information content (AvgIpc) is 2.45. The van der Waals surface area contributed by atoms with Crippen molar-refractivity contribution in [1.29, 1.82) is 0 Å². The number of carbonyl (C=O) groups is 1. The number of amides is 1. The lowest BCUT2D eigenvalue weighted by atomic mass is 9.82. The van der Waals surface area contributed by atoms with E-state index in [1.54, 1.807) is 0 Å². The van der Waals surface area contributed by atoms with E-state index in [-0.39, 0.29) is 12.3 Å². The molecule has 1 amide bonds. The van der Waals surface area contributed by atoms with E-state index in [1.807, 2.05) is 26.2 Å². The zero-order valence-electron chi connectivity index (χ0n) is 13.8. The first-order valence-electron chi connectivity index (χ1n) is 8.18. The van der Waals surface area contributed by atoms with E-state index in [2.05, 4.69) is 22.3 Å². The quantitative estimate of drug-likeness (QED) is 0.849. The second-order valence-corrected chi connectivity index (χ2v) is 6.80. The Hall–Kier alpha value is -1.39. The van der Waals surface area contributed by atoms with Crippen LogP contribution in [0.4, 0.5) is 0 Å². The highest BCUT2D eigenvalue weighted by Gasteiger charge is 2.31. The fourth-order valence-electron chi connectivity index (χ4n) is 3.15.